The van der Waals surface area contributed by atoms with Crippen molar-refractivity contribution in [1.29, 1.82) is 0 Å². The summed E-state index contributed by atoms with van der Waals surface area (Å²) in [5, 5.41) is 11.2. The van der Waals surface area contributed by atoms with Crippen LogP contribution in [0.2, 0.25) is 18.1 Å². The summed E-state index contributed by atoms with van der Waals surface area (Å²) in [6.45, 7) is 15.0. The molecule has 0 saturated carbocycles. The van der Waals surface area contributed by atoms with Crippen LogP contribution in [0.1, 0.15) is 45.7 Å². The van der Waals surface area contributed by atoms with Crippen molar-refractivity contribution in [2.75, 3.05) is 0 Å². The molecule has 0 radical (unpaired) electrons. The largest absolute Gasteiger partial charge is 0.459 e. The summed E-state index contributed by atoms with van der Waals surface area (Å²) in [5.41, 5.74) is -0.365. The molecule has 2 N–H and O–H groups in total. The molecule has 0 aliphatic rings. The van der Waals surface area contributed by atoms with Gasteiger partial charge in [0.2, 0.25) is 10.0 Å². The monoisotopic (exact) mass is 521 g/mol. The lowest BCUT2D eigenvalue weighted by atomic mass is 9.92. The highest BCUT2D eigenvalue weighted by molar-refractivity contribution is 7.89. The van der Waals surface area contributed by atoms with Gasteiger partial charge in [0.1, 0.15) is 12.7 Å². The van der Waals surface area contributed by atoms with Crippen LogP contribution in [-0.2, 0) is 30.6 Å². The van der Waals surface area contributed by atoms with Crippen LogP contribution >= 0.6 is 0 Å². The Morgan fingerprint density at radius 2 is 1.57 bits per heavy atom. The quantitative estimate of drug-likeness (QED) is 0.351. The molecule has 0 saturated heterocycles. The molecule has 0 aliphatic carbocycles. The van der Waals surface area contributed by atoms with Crippen LogP contribution in [-0.4, -0.2) is 45.6 Å². The van der Waals surface area contributed by atoms with E-state index in [1.807, 2.05) is 38.2 Å². The van der Waals surface area contributed by atoms with Gasteiger partial charge in [-0.1, -0.05) is 68.8 Å². The Balaban J connectivity index is 2.39. The molecular formula is C26H39NO6SSi. The van der Waals surface area contributed by atoms with Crippen LogP contribution in [0.3, 0.4) is 0 Å². The molecule has 0 aliphatic heterocycles. The molecule has 0 fully saturated rings. The number of carbonyl (C=O) groups excluding carboxylic acids is 1. The molecule has 0 bridgehead atoms. The van der Waals surface area contributed by atoms with E-state index < -0.39 is 42.1 Å². The lowest BCUT2D eigenvalue weighted by Crippen LogP contribution is -2.64. The Morgan fingerprint density at radius 1 is 1.03 bits per heavy atom. The van der Waals surface area contributed by atoms with Crippen LogP contribution < -0.4 is 4.72 Å². The minimum Gasteiger partial charge on any atom is -0.459 e. The molecule has 0 spiro atoms. The molecule has 2 rings (SSSR count). The molecule has 35 heavy (non-hydrogen) atoms. The van der Waals surface area contributed by atoms with Gasteiger partial charge in [-0.2, -0.15) is 4.72 Å². The van der Waals surface area contributed by atoms with Gasteiger partial charge in [0, 0.05) is 0 Å². The van der Waals surface area contributed by atoms with Crippen molar-refractivity contribution in [2.45, 2.75) is 88.9 Å². The second kappa shape index (κ2) is 10.9. The van der Waals surface area contributed by atoms with Gasteiger partial charge in [0.25, 0.3) is 0 Å². The maximum Gasteiger partial charge on any atom is 0.330 e. The van der Waals surface area contributed by atoms with E-state index in [2.05, 4.69) is 25.5 Å². The molecule has 2 aromatic carbocycles. The summed E-state index contributed by atoms with van der Waals surface area (Å²) in [6, 6.07) is 15.3. The van der Waals surface area contributed by atoms with E-state index in [0.29, 0.717) is 0 Å². The number of benzene rings is 2. The summed E-state index contributed by atoms with van der Waals surface area (Å²) in [6.07, 6.45) is -2.36. The van der Waals surface area contributed by atoms with E-state index in [4.69, 9.17) is 9.16 Å². The Kier molecular flexibility index (Phi) is 9.11. The highest BCUT2D eigenvalue weighted by atomic mass is 32.2. The predicted molar refractivity (Wildman–Crippen MR) is 140 cm³/mol. The third-order valence-electron chi connectivity index (χ3n) is 6.64. The Morgan fingerprint density at radius 3 is 2.09 bits per heavy atom. The van der Waals surface area contributed by atoms with Crippen LogP contribution in [0.5, 0.6) is 0 Å². The standard InChI is InChI=1S/C26H39NO6SSi/c1-19-14-16-22(17-15-19)34(30,31)27-26(6,24(29)32-18-21-12-10-9-11-13-21)23(28)20(2)33-35(7,8)25(3,4)5/h9-17,20,23,27-28H,18H2,1-8H3/t20-,23-,26+/m0/s1. The Bertz CT molecular complexity index is 1100. The highest BCUT2D eigenvalue weighted by Gasteiger charge is 2.50. The second-order valence-corrected chi connectivity index (χ2v) is 17.1. The summed E-state index contributed by atoms with van der Waals surface area (Å²) in [4.78, 5) is 13.3. The van der Waals surface area contributed by atoms with Gasteiger partial charge in [-0.05, 0) is 56.6 Å². The minimum absolute atomic E-state index is 0.0182. The maximum absolute atomic E-state index is 13.4. The number of esters is 1. The molecule has 0 aromatic heterocycles. The number of hydrogen-bond donors (Lipinski definition) is 2. The lowest BCUT2D eigenvalue weighted by Gasteiger charge is -2.42. The van der Waals surface area contributed by atoms with Crippen LogP contribution in [0.25, 0.3) is 0 Å². The van der Waals surface area contributed by atoms with Crippen LogP contribution in [0.15, 0.2) is 59.5 Å². The van der Waals surface area contributed by atoms with Gasteiger partial charge in [-0.15, -0.1) is 0 Å². The summed E-state index contributed by atoms with van der Waals surface area (Å²) >= 11 is 0. The number of rotatable bonds is 10. The third-order valence-corrected chi connectivity index (χ3v) is 12.8. The topological polar surface area (TPSA) is 102 Å². The number of aryl methyl sites for hydroxylation is 1. The number of aliphatic hydroxyl groups excluding tert-OH is 1. The number of ether oxygens (including phenoxy) is 1. The zero-order valence-electron chi connectivity index (χ0n) is 22.0. The van der Waals surface area contributed by atoms with Crippen molar-refractivity contribution in [3.8, 4) is 0 Å². The number of hydrogen-bond acceptors (Lipinski definition) is 6. The first kappa shape index (κ1) is 29.2. The number of aliphatic hydroxyl groups is 1. The van der Waals surface area contributed by atoms with Crippen molar-refractivity contribution >= 4 is 24.3 Å². The molecular weight excluding hydrogens is 482 g/mol. The van der Waals surface area contributed by atoms with Crippen molar-refractivity contribution in [2.24, 2.45) is 0 Å². The first-order valence-corrected chi connectivity index (χ1v) is 16.1. The fraction of sp³-hybridized carbons (Fsp3) is 0.500. The summed E-state index contributed by atoms with van der Waals surface area (Å²) in [7, 11) is -6.50. The maximum atomic E-state index is 13.4. The molecule has 194 valence electrons. The van der Waals surface area contributed by atoms with Gasteiger partial charge in [-0.25, -0.2) is 13.2 Å². The molecule has 2 aromatic rings. The zero-order chi connectivity index (χ0) is 26.7. The number of nitrogens with one attached hydrogen (secondary N) is 1. The van der Waals surface area contributed by atoms with Crippen molar-refractivity contribution in [1.82, 2.24) is 4.72 Å². The minimum atomic E-state index is -4.17. The predicted octanol–water partition coefficient (Wildman–Crippen LogP) is 4.55. The molecule has 0 amide bonds. The zero-order valence-corrected chi connectivity index (χ0v) is 23.8. The molecule has 0 unspecified atom stereocenters. The fourth-order valence-corrected chi connectivity index (χ4v) is 6.11. The Labute approximate surface area is 211 Å². The average Bonchev–Trinajstić information content (AvgIpc) is 2.76. The van der Waals surface area contributed by atoms with E-state index in [9.17, 15) is 18.3 Å². The van der Waals surface area contributed by atoms with Crippen molar-refractivity contribution < 1.29 is 27.5 Å². The smallest absolute Gasteiger partial charge is 0.330 e. The number of carbonyl (C=O) groups is 1. The van der Waals surface area contributed by atoms with Crippen molar-refractivity contribution in [3.05, 3.63) is 65.7 Å². The highest BCUT2D eigenvalue weighted by Crippen LogP contribution is 2.38. The molecule has 9 heteroatoms. The fourth-order valence-electron chi connectivity index (χ4n) is 3.33. The van der Waals surface area contributed by atoms with E-state index in [1.54, 1.807) is 31.2 Å². The van der Waals surface area contributed by atoms with Gasteiger partial charge < -0.3 is 14.3 Å². The normalized spacial score (nSPS) is 16.3. The molecule has 0 heterocycles. The second-order valence-electron chi connectivity index (χ2n) is 10.7. The Hall–Kier alpha value is -2.04. The van der Waals surface area contributed by atoms with Gasteiger partial charge in [0.15, 0.2) is 13.9 Å². The van der Waals surface area contributed by atoms with Gasteiger partial charge in [-0.3, -0.25) is 0 Å². The van der Waals surface area contributed by atoms with Crippen molar-refractivity contribution in [3.63, 3.8) is 0 Å². The van der Waals surface area contributed by atoms with Crippen LogP contribution in [0, 0.1) is 6.92 Å². The first-order valence-electron chi connectivity index (χ1n) is 11.7. The molecule has 7 nitrogen and oxygen atoms in total. The van der Waals surface area contributed by atoms with Crippen LogP contribution in [0.4, 0.5) is 0 Å². The van der Waals surface area contributed by atoms with E-state index in [-0.39, 0.29) is 16.5 Å². The van der Waals surface area contributed by atoms with Gasteiger partial charge >= 0.3 is 5.97 Å². The average molecular weight is 522 g/mol. The third kappa shape index (κ3) is 7.24. The van der Waals surface area contributed by atoms with E-state index in [1.165, 1.54) is 19.1 Å². The van der Waals surface area contributed by atoms with E-state index in [0.717, 1.165) is 11.1 Å². The molecule has 3 atom stereocenters. The SMILES string of the molecule is Cc1ccc(S(=O)(=O)N[C@@](C)(C(=O)OCc2ccccc2)[C@@H](O)[C@H](C)O[Si](C)(C)C(C)(C)C)cc1. The van der Waals surface area contributed by atoms with Gasteiger partial charge in [0.05, 0.1) is 11.0 Å². The number of sulfonamides is 1. The first-order chi connectivity index (χ1) is 16.0. The lowest BCUT2D eigenvalue weighted by molar-refractivity contribution is -0.159. The van der Waals surface area contributed by atoms with E-state index >= 15 is 0 Å². The summed E-state index contributed by atoms with van der Waals surface area (Å²) in [5.74, 6) is -0.893. The summed E-state index contributed by atoms with van der Waals surface area (Å²) < 4.78 is 40.7.